The number of rotatable bonds is 7. The van der Waals surface area contributed by atoms with Crippen LogP contribution in [0.2, 0.25) is 0 Å². The molecule has 0 fully saturated rings. The fourth-order valence-corrected chi connectivity index (χ4v) is 1.53. The molecule has 0 spiro atoms. The molecule has 5 heteroatoms. The fraction of sp³-hybridized carbons (Fsp3) is 0.692. The molecule has 0 radical (unpaired) electrons. The molecular weight excluding hydrogens is 228 g/mol. The third-order valence-electron chi connectivity index (χ3n) is 2.54. The van der Waals surface area contributed by atoms with Crippen molar-refractivity contribution in [2.45, 2.75) is 39.7 Å². The number of hydrogen-bond acceptors (Lipinski definition) is 5. The van der Waals surface area contributed by atoms with Crippen molar-refractivity contribution in [2.75, 3.05) is 30.8 Å². The van der Waals surface area contributed by atoms with E-state index >= 15 is 0 Å². The summed E-state index contributed by atoms with van der Waals surface area (Å²) in [6.07, 6.45) is 0.172. The van der Waals surface area contributed by atoms with Crippen LogP contribution in [0.25, 0.3) is 0 Å². The van der Waals surface area contributed by atoms with E-state index < -0.39 is 0 Å². The largest absolute Gasteiger partial charge is 0.377 e. The molecule has 2 N–H and O–H groups in total. The zero-order valence-corrected chi connectivity index (χ0v) is 11.9. The molecule has 1 heterocycles. The molecule has 0 bridgehead atoms. The monoisotopic (exact) mass is 252 g/mol. The number of nitrogens with zero attached hydrogens (tertiary/aromatic N) is 2. The summed E-state index contributed by atoms with van der Waals surface area (Å²) in [5.41, 5.74) is 0. The molecule has 1 aromatic heterocycles. The number of hydrogen-bond donors (Lipinski definition) is 2. The molecule has 0 aliphatic heterocycles. The first kappa shape index (κ1) is 14.7. The van der Waals surface area contributed by atoms with Crippen LogP contribution >= 0.6 is 0 Å². The summed E-state index contributed by atoms with van der Waals surface area (Å²) >= 11 is 0. The molecule has 102 valence electrons. The van der Waals surface area contributed by atoms with E-state index in [9.17, 15) is 0 Å². The van der Waals surface area contributed by atoms with Crippen LogP contribution in [0.1, 0.15) is 39.4 Å². The van der Waals surface area contributed by atoms with Crippen LogP contribution in [-0.4, -0.2) is 36.3 Å². The van der Waals surface area contributed by atoms with E-state index in [1.165, 1.54) is 0 Å². The van der Waals surface area contributed by atoms with Crippen LogP contribution < -0.4 is 10.6 Å². The minimum absolute atomic E-state index is 0.172. The maximum absolute atomic E-state index is 5.48. The molecule has 0 aromatic carbocycles. The molecule has 1 atom stereocenters. The quantitative estimate of drug-likeness (QED) is 0.780. The molecule has 0 saturated carbocycles. The smallest absolute Gasteiger partial charge is 0.135 e. The van der Waals surface area contributed by atoms with Gasteiger partial charge in [-0.1, -0.05) is 13.8 Å². The van der Waals surface area contributed by atoms with E-state index in [4.69, 9.17) is 4.74 Å². The van der Waals surface area contributed by atoms with E-state index in [0.29, 0.717) is 5.92 Å². The van der Waals surface area contributed by atoms with Gasteiger partial charge in [0.2, 0.25) is 0 Å². The normalized spacial score (nSPS) is 12.6. The van der Waals surface area contributed by atoms with Crippen molar-refractivity contribution >= 4 is 11.6 Å². The van der Waals surface area contributed by atoms with E-state index in [1.807, 2.05) is 27.0 Å². The first-order valence-electron chi connectivity index (χ1n) is 6.49. The Bertz CT molecular complexity index is 368. The topological polar surface area (TPSA) is 59.1 Å². The van der Waals surface area contributed by atoms with Gasteiger partial charge in [-0.15, -0.1) is 0 Å². The lowest BCUT2D eigenvalue weighted by Gasteiger charge is -2.15. The molecule has 1 unspecified atom stereocenters. The highest BCUT2D eigenvalue weighted by atomic mass is 16.5. The lowest BCUT2D eigenvalue weighted by molar-refractivity contribution is 0.0855. The Hall–Kier alpha value is -1.36. The second-order valence-corrected chi connectivity index (χ2v) is 4.55. The van der Waals surface area contributed by atoms with Crippen LogP contribution in [0, 0.1) is 0 Å². The van der Waals surface area contributed by atoms with E-state index in [2.05, 4.69) is 34.4 Å². The Morgan fingerprint density at radius 1 is 1.22 bits per heavy atom. The van der Waals surface area contributed by atoms with Gasteiger partial charge in [0.05, 0.1) is 6.10 Å². The summed E-state index contributed by atoms with van der Waals surface area (Å²) in [7, 11) is 1.86. The SMILES string of the molecule is CCOC(C)CNc1cc(NC)nc(C(C)C)n1. The summed E-state index contributed by atoms with van der Waals surface area (Å²) in [6.45, 7) is 9.68. The van der Waals surface area contributed by atoms with Crippen molar-refractivity contribution in [1.29, 1.82) is 0 Å². The Kier molecular flexibility index (Phi) is 5.85. The minimum atomic E-state index is 0.172. The highest BCUT2D eigenvalue weighted by Gasteiger charge is 2.08. The van der Waals surface area contributed by atoms with E-state index in [1.54, 1.807) is 0 Å². The van der Waals surface area contributed by atoms with Gasteiger partial charge in [-0.2, -0.15) is 0 Å². The molecule has 5 nitrogen and oxygen atoms in total. The Morgan fingerprint density at radius 2 is 1.89 bits per heavy atom. The average molecular weight is 252 g/mol. The predicted octanol–water partition coefficient (Wildman–Crippen LogP) is 2.48. The van der Waals surface area contributed by atoms with Crippen LogP contribution in [0.5, 0.6) is 0 Å². The molecule has 0 saturated heterocycles. The standard InChI is InChI=1S/C13H24N4O/c1-6-18-10(4)8-15-12-7-11(14-5)16-13(17-12)9(2)3/h7,9-10H,6,8H2,1-5H3,(H2,14,15,16,17). The first-order chi connectivity index (χ1) is 8.56. The Labute approximate surface area is 109 Å². The summed E-state index contributed by atoms with van der Waals surface area (Å²) < 4.78 is 5.48. The Balaban J connectivity index is 2.72. The second kappa shape index (κ2) is 7.16. The first-order valence-corrected chi connectivity index (χ1v) is 6.49. The van der Waals surface area contributed by atoms with Crippen molar-refractivity contribution in [3.8, 4) is 0 Å². The molecule has 18 heavy (non-hydrogen) atoms. The lowest BCUT2D eigenvalue weighted by atomic mass is 10.2. The lowest BCUT2D eigenvalue weighted by Crippen LogP contribution is -2.20. The maximum atomic E-state index is 5.48. The highest BCUT2D eigenvalue weighted by molar-refractivity contribution is 5.47. The zero-order chi connectivity index (χ0) is 13.5. The van der Waals surface area contributed by atoms with Crippen molar-refractivity contribution < 1.29 is 4.74 Å². The van der Waals surface area contributed by atoms with Gasteiger partial charge >= 0.3 is 0 Å². The minimum Gasteiger partial charge on any atom is -0.377 e. The molecule has 0 aliphatic carbocycles. The predicted molar refractivity (Wildman–Crippen MR) is 75.2 cm³/mol. The van der Waals surface area contributed by atoms with Crippen LogP contribution in [0.15, 0.2) is 6.07 Å². The average Bonchev–Trinajstić information content (AvgIpc) is 2.36. The summed E-state index contributed by atoms with van der Waals surface area (Å²) in [4.78, 5) is 8.92. The summed E-state index contributed by atoms with van der Waals surface area (Å²) in [5, 5.41) is 6.34. The van der Waals surface area contributed by atoms with Gasteiger partial charge in [-0.05, 0) is 13.8 Å². The van der Waals surface area contributed by atoms with Crippen LogP contribution in [-0.2, 0) is 4.74 Å². The van der Waals surface area contributed by atoms with E-state index in [-0.39, 0.29) is 6.10 Å². The number of anilines is 2. The molecular formula is C13H24N4O. The van der Waals surface area contributed by atoms with Crippen molar-refractivity contribution in [2.24, 2.45) is 0 Å². The van der Waals surface area contributed by atoms with Crippen molar-refractivity contribution in [3.63, 3.8) is 0 Å². The summed E-state index contributed by atoms with van der Waals surface area (Å²) in [6, 6.07) is 1.91. The van der Waals surface area contributed by atoms with Gasteiger partial charge in [0, 0.05) is 32.2 Å². The van der Waals surface area contributed by atoms with Gasteiger partial charge in [-0.3, -0.25) is 0 Å². The van der Waals surface area contributed by atoms with Gasteiger partial charge in [0.1, 0.15) is 17.5 Å². The zero-order valence-electron chi connectivity index (χ0n) is 11.9. The number of nitrogens with one attached hydrogen (secondary N) is 2. The van der Waals surface area contributed by atoms with Gasteiger partial charge in [0.15, 0.2) is 0 Å². The fourth-order valence-electron chi connectivity index (χ4n) is 1.53. The maximum Gasteiger partial charge on any atom is 0.135 e. The third-order valence-corrected chi connectivity index (χ3v) is 2.54. The van der Waals surface area contributed by atoms with Crippen LogP contribution in [0.3, 0.4) is 0 Å². The third kappa shape index (κ3) is 4.49. The second-order valence-electron chi connectivity index (χ2n) is 4.55. The van der Waals surface area contributed by atoms with Gasteiger partial charge < -0.3 is 15.4 Å². The summed E-state index contributed by atoms with van der Waals surface area (Å²) in [5.74, 6) is 2.82. The number of ether oxygens (including phenoxy) is 1. The molecule has 1 aromatic rings. The molecule has 1 rings (SSSR count). The van der Waals surface area contributed by atoms with Gasteiger partial charge in [0.25, 0.3) is 0 Å². The van der Waals surface area contributed by atoms with Crippen LogP contribution in [0.4, 0.5) is 11.6 Å². The molecule has 0 amide bonds. The van der Waals surface area contributed by atoms with E-state index in [0.717, 1.165) is 30.6 Å². The van der Waals surface area contributed by atoms with Crippen molar-refractivity contribution in [3.05, 3.63) is 11.9 Å². The van der Waals surface area contributed by atoms with Gasteiger partial charge in [-0.25, -0.2) is 9.97 Å². The van der Waals surface area contributed by atoms with Crippen molar-refractivity contribution in [1.82, 2.24) is 9.97 Å². The number of aromatic nitrogens is 2. The Morgan fingerprint density at radius 3 is 2.44 bits per heavy atom. The molecule has 0 aliphatic rings. The highest BCUT2D eigenvalue weighted by Crippen LogP contribution is 2.16.